The molecule has 0 fully saturated rings. The van der Waals surface area contributed by atoms with E-state index in [2.05, 4.69) is 4.99 Å². The lowest BCUT2D eigenvalue weighted by molar-refractivity contribution is -0.136. The summed E-state index contributed by atoms with van der Waals surface area (Å²) in [5, 5.41) is 0.764. The fourth-order valence-electron chi connectivity index (χ4n) is 3.85. The number of esters is 2. The maximum Gasteiger partial charge on any atom is 0.338 e. The van der Waals surface area contributed by atoms with E-state index in [4.69, 9.17) is 37.4 Å². The van der Waals surface area contributed by atoms with Crippen molar-refractivity contribution in [3.05, 3.63) is 88.5 Å². The molecule has 0 radical (unpaired) electrons. The molecular weight excluding hydrogens is 527 g/mol. The topological polar surface area (TPSA) is 96.2 Å². The van der Waals surface area contributed by atoms with Crippen LogP contribution >= 0.6 is 34.5 Å². The maximum absolute atomic E-state index is 13.6. The quantitative estimate of drug-likeness (QED) is 0.358. The van der Waals surface area contributed by atoms with Crippen LogP contribution in [0.1, 0.15) is 31.0 Å². The predicted molar refractivity (Wildman–Crippen MR) is 137 cm³/mol. The van der Waals surface area contributed by atoms with Gasteiger partial charge in [0, 0.05) is 6.92 Å². The van der Waals surface area contributed by atoms with Gasteiger partial charge in [-0.2, -0.15) is 0 Å². The van der Waals surface area contributed by atoms with Gasteiger partial charge in [0.15, 0.2) is 16.3 Å². The van der Waals surface area contributed by atoms with Crippen LogP contribution < -0.4 is 24.4 Å². The standard InChI is InChI=1S/C25H20Cl2N2O6S/c1-12-21(24(32)34-4)22(15-6-8-18(35-13(2)30)19(11-15)33-3)29-23(31)20(36-25(29)28-12)10-14-5-7-16(26)17(27)9-14/h5-11,22H,1-4H3/b20-10-. The summed E-state index contributed by atoms with van der Waals surface area (Å²) >= 11 is 13.3. The lowest BCUT2D eigenvalue weighted by Crippen LogP contribution is -2.39. The molecule has 1 aliphatic rings. The van der Waals surface area contributed by atoms with Gasteiger partial charge in [-0.25, -0.2) is 9.79 Å². The predicted octanol–water partition coefficient (Wildman–Crippen LogP) is 3.65. The van der Waals surface area contributed by atoms with E-state index in [9.17, 15) is 14.4 Å². The Hall–Kier alpha value is -3.40. The smallest absolute Gasteiger partial charge is 0.338 e. The summed E-state index contributed by atoms with van der Waals surface area (Å²) < 4.78 is 17.5. The van der Waals surface area contributed by atoms with E-state index in [1.54, 1.807) is 49.4 Å². The lowest BCUT2D eigenvalue weighted by Gasteiger charge is -2.25. The van der Waals surface area contributed by atoms with E-state index >= 15 is 0 Å². The molecule has 0 saturated heterocycles. The van der Waals surface area contributed by atoms with E-state index in [1.807, 2.05) is 0 Å². The summed E-state index contributed by atoms with van der Waals surface area (Å²) in [7, 11) is 2.69. The van der Waals surface area contributed by atoms with Gasteiger partial charge in [0.2, 0.25) is 0 Å². The van der Waals surface area contributed by atoms with Gasteiger partial charge in [-0.15, -0.1) is 0 Å². The number of thiazole rings is 1. The van der Waals surface area contributed by atoms with Crippen molar-refractivity contribution in [1.29, 1.82) is 0 Å². The molecule has 0 saturated carbocycles. The second kappa shape index (κ2) is 10.3. The number of allylic oxidation sites excluding steroid dienone is 1. The fraction of sp³-hybridized carbons (Fsp3) is 0.200. The van der Waals surface area contributed by atoms with Crippen LogP contribution in [0.4, 0.5) is 0 Å². The van der Waals surface area contributed by atoms with Crippen LogP contribution in [0.5, 0.6) is 11.5 Å². The number of nitrogens with zero attached hydrogens (tertiary/aromatic N) is 2. The first-order chi connectivity index (χ1) is 17.1. The number of aromatic nitrogens is 1. The first kappa shape index (κ1) is 25.7. The molecule has 2 heterocycles. The Labute approximate surface area is 219 Å². The molecule has 186 valence electrons. The van der Waals surface area contributed by atoms with E-state index in [1.165, 1.54) is 37.0 Å². The number of fused-ring (bicyclic) bond motifs is 1. The average Bonchev–Trinajstić information content (AvgIpc) is 3.14. The van der Waals surface area contributed by atoms with E-state index in [0.717, 1.165) is 0 Å². The SMILES string of the molecule is COC(=O)C1=C(C)N=c2s/c(=C\c3ccc(Cl)c(Cl)c3)c(=O)n2C1c1ccc(OC(C)=O)c(OC)c1. The van der Waals surface area contributed by atoms with Crippen LogP contribution in [0.25, 0.3) is 6.08 Å². The molecule has 1 unspecified atom stereocenters. The Morgan fingerprint density at radius 3 is 2.47 bits per heavy atom. The molecule has 1 aromatic heterocycles. The number of halogens is 2. The number of ether oxygens (including phenoxy) is 3. The van der Waals surface area contributed by atoms with Crippen LogP contribution in [0.15, 0.2) is 57.5 Å². The van der Waals surface area contributed by atoms with Crippen molar-refractivity contribution in [2.45, 2.75) is 19.9 Å². The molecule has 0 amide bonds. The van der Waals surface area contributed by atoms with Gasteiger partial charge in [0.05, 0.1) is 46.1 Å². The Kier molecular flexibility index (Phi) is 7.35. The molecule has 2 aromatic carbocycles. The fourth-order valence-corrected chi connectivity index (χ4v) is 5.21. The van der Waals surface area contributed by atoms with Crippen molar-refractivity contribution in [3.63, 3.8) is 0 Å². The molecule has 1 atom stereocenters. The zero-order chi connectivity index (χ0) is 26.1. The van der Waals surface area contributed by atoms with Crippen molar-refractivity contribution in [1.82, 2.24) is 4.57 Å². The van der Waals surface area contributed by atoms with Crippen LogP contribution in [0, 0.1) is 0 Å². The maximum atomic E-state index is 13.6. The number of hydrogen-bond donors (Lipinski definition) is 0. The van der Waals surface area contributed by atoms with Crippen LogP contribution in [-0.4, -0.2) is 30.7 Å². The van der Waals surface area contributed by atoms with Crippen molar-refractivity contribution in [3.8, 4) is 11.5 Å². The summed E-state index contributed by atoms with van der Waals surface area (Å²) in [6.45, 7) is 2.96. The average molecular weight is 547 g/mol. The molecule has 0 bridgehead atoms. The Balaban J connectivity index is 1.95. The second-order valence-electron chi connectivity index (χ2n) is 7.75. The molecule has 0 N–H and O–H groups in total. The zero-order valence-electron chi connectivity index (χ0n) is 19.6. The Bertz CT molecular complexity index is 1610. The molecule has 11 heteroatoms. The zero-order valence-corrected chi connectivity index (χ0v) is 22.0. The molecule has 0 spiro atoms. The molecule has 36 heavy (non-hydrogen) atoms. The van der Waals surface area contributed by atoms with Crippen LogP contribution in [-0.2, 0) is 14.3 Å². The first-order valence-electron chi connectivity index (χ1n) is 10.6. The third-order valence-electron chi connectivity index (χ3n) is 5.43. The summed E-state index contributed by atoms with van der Waals surface area (Å²) in [4.78, 5) is 42.9. The second-order valence-corrected chi connectivity index (χ2v) is 9.57. The normalized spacial score (nSPS) is 15.3. The lowest BCUT2D eigenvalue weighted by atomic mass is 9.95. The number of carbonyl (C=O) groups excluding carboxylic acids is 2. The van der Waals surface area contributed by atoms with Crippen LogP contribution in [0.3, 0.4) is 0 Å². The number of methoxy groups -OCH3 is 2. The van der Waals surface area contributed by atoms with Crippen molar-refractivity contribution < 1.29 is 23.8 Å². The molecular formula is C25H20Cl2N2O6S. The van der Waals surface area contributed by atoms with Gasteiger partial charge >= 0.3 is 11.9 Å². The minimum absolute atomic E-state index is 0.202. The highest BCUT2D eigenvalue weighted by molar-refractivity contribution is 7.07. The summed E-state index contributed by atoms with van der Waals surface area (Å²) in [5.74, 6) is -0.661. The van der Waals surface area contributed by atoms with Gasteiger partial charge < -0.3 is 14.2 Å². The highest BCUT2D eigenvalue weighted by Crippen LogP contribution is 2.36. The van der Waals surface area contributed by atoms with Gasteiger partial charge in [-0.1, -0.05) is 46.7 Å². The third kappa shape index (κ3) is 4.82. The van der Waals surface area contributed by atoms with E-state index in [0.29, 0.717) is 36.2 Å². The first-order valence-corrected chi connectivity index (χ1v) is 12.1. The monoisotopic (exact) mass is 546 g/mol. The van der Waals surface area contributed by atoms with Crippen molar-refractivity contribution in [2.24, 2.45) is 4.99 Å². The molecule has 4 rings (SSSR count). The molecule has 3 aromatic rings. The highest BCUT2D eigenvalue weighted by Gasteiger charge is 2.33. The Morgan fingerprint density at radius 2 is 1.83 bits per heavy atom. The van der Waals surface area contributed by atoms with Gasteiger partial charge in [0.25, 0.3) is 5.56 Å². The van der Waals surface area contributed by atoms with Gasteiger partial charge in [-0.05, 0) is 48.4 Å². The Morgan fingerprint density at radius 1 is 1.08 bits per heavy atom. The highest BCUT2D eigenvalue weighted by atomic mass is 35.5. The van der Waals surface area contributed by atoms with E-state index < -0.39 is 18.0 Å². The summed E-state index contributed by atoms with van der Waals surface area (Å²) in [5.41, 5.74) is 1.49. The number of hydrogen-bond acceptors (Lipinski definition) is 8. The minimum Gasteiger partial charge on any atom is -0.493 e. The third-order valence-corrected chi connectivity index (χ3v) is 7.15. The van der Waals surface area contributed by atoms with Crippen molar-refractivity contribution >= 4 is 52.6 Å². The van der Waals surface area contributed by atoms with Gasteiger partial charge in [0.1, 0.15) is 0 Å². The largest absolute Gasteiger partial charge is 0.493 e. The number of rotatable bonds is 5. The summed E-state index contributed by atoms with van der Waals surface area (Å²) in [6, 6.07) is 9.00. The number of benzene rings is 2. The molecule has 1 aliphatic heterocycles. The molecule has 0 aliphatic carbocycles. The summed E-state index contributed by atoms with van der Waals surface area (Å²) in [6.07, 6.45) is 1.69. The van der Waals surface area contributed by atoms with Crippen molar-refractivity contribution in [2.75, 3.05) is 14.2 Å². The van der Waals surface area contributed by atoms with Crippen LogP contribution in [0.2, 0.25) is 10.0 Å². The minimum atomic E-state index is -0.857. The molecule has 8 nitrogen and oxygen atoms in total. The van der Waals surface area contributed by atoms with E-state index in [-0.39, 0.29) is 22.6 Å². The number of carbonyl (C=O) groups is 2. The van der Waals surface area contributed by atoms with Gasteiger partial charge in [-0.3, -0.25) is 14.2 Å².